The first-order valence-corrected chi connectivity index (χ1v) is 7.15. The molecule has 0 amide bonds. The fourth-order valence-electron chi connectivity index (χ4n) is 2.99. The standard InChI is InChI=1S/C15H24N2O2/c1-13-5-4-7-15(11-13,12-16)19-10-9-17-8-3-2-6-14(17)18/h2-3,6,8,13H,4-5,7,9-12,16H2,1H3. The summed E-state index contributed by atoms with van der Waals surface area (Å²) in [6.07, 6.45) is 6.32. The lowest BCUT2D eigenvalue weighted by Gasteiger charge is -2.39. The molecule has 2 rings (SSSR count). The van der Waals surface area contributed by atoms with E-state index in [-0.39, 0.29) is 11.2 Å². The first kappa shape index (κ1) is 14.3. The lowest BCUT2D eigenvalue weighted by molar-refractivity contribution is -0.0769. The molecule has 0 aromatic carbocycles. The van der Waals surface area contributed by atoms with Crippen molar-refractivity contribution >= 4 is 0 Å². The molecular weight excluding hydrogens is 240 g/mol. The summed E-state index contributed by atoms with van der Waals surface area (Å²) in [6.45, 7) is 3.97. The van der Waals surface area contributed by atoms with Crippen LogP contribution in [0, 0.1) is 5.92 Å². The van der Waals surface area contributed by atoms with E-state index in [2.05, 4.69) is 6.92 Å². The van der Waals surface area contributed by atoms with Gasteiger partial charge in [0, 0.05) is 25.4 Å². The number of hydrogen-bond acceptors (Lipinski definition) is 3. The number of pyridine rings is 1. The average molecular weight is 264 g/mol. The van der Waals surface area contributed by atoms with Gasteiger partial charge in [0.05, 0.1) is 12.2 Å². The minimum absolute atomic E-state index is 0.0184. The van der Waals surface area contributed by atoms with Crippen LogP contribution in [0.15, 0.2) is 29.2 Å². The molecule has 0 saturated heterocycles. The molecule has 2 N–H and O–H groups in total. The smallest absolute Gasteiger partial charge is 0.250 e. The van der Waals surface area contributed by atoms with Crippen molar-refractivity contribution < 1.29 is 4.74 Å². The molecule has 0 aliphatic heterocycles. The Morgan fingerprint density at radius 1 is 1.53 bits per heavy atom. The molecule has 1 aromatic heterocycles. The number of ether oxygens (including phenoxy) is 1. The second-order valence-corrected chi connectivity index (χ2v) is 5.67. The molecule has 2 atom stereocenters. The highest BCUT2D eigenvalue weighted by atomic mass is 16.5. The van der Waals surface area contributed by atoms with Crippen LogP contribution in [-0.2, 0) is 11.3 Å². The number of nitrogens with zero attached hydrogens (tertiary/aromatic N) is 1. The van der Waals surface area contributed by atoms with Crippen LogP contribution in [0.1, 0.15) is 32.6 Å². The summed E-state index contributed by atoms with van der Waals surface area (Å²) in [5, 5.41) is 0. The molecule has 106 valence electrons. The zero-order valence-electron chi connectivity index (χ0n) is 11.7. The molecule has 4 nitrogen and oxygen atoms in total. The molecule has 1 aromatic rings. The van der Waals surface area contributed by atoms with Gasteiger partial charge in [-0.2, -0.15) is 0 Å². The number of nitrogens with two attached hydrogens (primary N) is 1. The minimum atomic E-state index is -0.171. The van der Waals surface area contributed by atoms with Crippen molar-refractivity contribution in [2.24, 2.45) is 11.7 Å². The van der Waals surface area contributed by atoms with Crippen LogP contribution in [0.25, 0.3) is 0 Å². The lowest BCUT2D eigenvalue weighted by Crippen LogP contribution is -2.45. The van der Waals surface area contributed by atoms with E-state index in [1.165, 1.54) is 12.8 Å². The van der Waals surface area contributed by atoms with E-state index >= 15 is 0 Å². The highest BCUT2D eigenvalue weighted by Crippen LogP contribution is 2.34. The molecule has 4 heteroatoms. The van der Waals surface area contributed by atoms with E-state index in [4.69, 9.17) is 10.5 Å². The maximum atomic E-state index is 11.6. The van der Waals surface area contributed by atoms with Crippen molar-refractivity contribution in [1.82, 2.24) is 4.57 Å². The number of aromatic nitrogens is 1. The summed E-state index contributed by atoms with van der Waals surface area (Å²) in [5.74, 6) is 0.678. The van der Waals surface area contributed by atoms with Crippen LogP contribution in [0.3, 0.4) is 0 Å². The van der Waals surface area contributed by atoms with Crippen LogP contribution in [0.5, 0.6) is 0 Å². The van der Waals surface area contributed by atoms with Crippen LogP contribution < -0.4 is 11.3 Å². The fraction of sp³-hybridized carbons (Fsp3) is 0.667. The predicted octanol–water partition coefficient (Wildman–Crippen LogP) is 1.77. The predicted molar refractivity (Wildman–Crippen MR) is 76.1 cm³/mol. The summed E-state index contributed by atoms with van der Waals surface area (Å²) < 4.78 is 7.74. The first-order valence-electron chi connectivity index (χ1n) is 7.15. The Bertz CT molecular complexity index is 457. The van der Waals surface area contributed by atoms with Gasteiger partial charge in [0.15, 0.2) is 0 Å². The van der Waals surface area contributed by atoms with Gasteiger partial charge in [0.2, 0.25) is 0 Å². The Morgan fingerprint density at radius 3 is 3.05 bits per heavy atom. The van der Waals surface area contributed by atoms with E-state index in [0.717, 1.165) is 12.8 Å². The average Bonchev–Trinajstić information content (AvgIpc) is 2.41. The fourth-order valence-corrected chi connectivity index (χ4v) is 2.99. The van der Waals surface area contributed by atoms with E-state index in [1.54, 1.807) is 22.9 Å². The molecule has 0 radical (unpaired) electrons. The van der Waals surface area contributed by atoms with Crippen molar-refractivity contribution in [2.45, 2.75) is 44.8 Å². The van der Waals surface area contributed by atoms with E-state index in [0.29, 0.717) is 25.6 Å². The molecule has 1 heterocycles. The van der Waals surface area contributed by atoms with Gasteiger partial charge < -0.3 is 15.0 Å². The van der Waals surface area contributed by atoms with Gasteiger partial charge in [0.1, 0.15) is 0 Å². The largest absolute Gasteiger partial charge is 0.372 e. The molecule has 19 heavy (non-hydrogen) atoms. The minimum Gasteiger partial charge on any atom is -0.372 e. The Labute approximate surface area is 114 Å². The summed E-state index contributed by atoms with van der Waals surface area (Å²) in [7, 11) is 0. The van der Waals surface area contributed by atoms with Gasteiger partial charge in [-0.1, -0.05) is 25.8 Å². The zero-order chi connectivity index (χ0) is 13.7. The summed E-state index contributed by atoms with van der Waals surface area (Å²) >= 11 is 0. The Morgan fingerprint density at radius 2 is 2.37 bits per heavy atom. The van der Waals surface area contributed by atoms with Crippen molar-refractivity contribution in [2.75, 3.05) is 13.2 Å². The van der Waals surface area contributed by atoms with E-state index in [9.17, 15) is 4.79 Å². The van der Waals surface area contributed by atoms with Gasteiger partial charge in [-0.3, -0.25) is 4.79 Å². The highest BCUT2D eigenvalue weighted by Gasteiger charge is 2.34. The third kappa shape index (κ3) is 3.67. The topological polar surface area (TPSA) is 57.2 Å². The molecule has 0 spiro atoms. The summed E-state index contributed by atoms with van der Waals surface area (Å²) in [5.41, 5.74) is 5.76. The second kappa shape index (κ2) is 6.35. The van der Waals surface area contributed by atoms with Crippen LogP contribution in [-0.4, -0.2) is 23.3 Å². The van der Waals surface area contributed by atoms with Gasteiger partial charge in [0.25, 0.3) is 5.56 Å². The van der Waals surface area contributed by atoms with Crippen LogP contribution in [0.4, 0.5) is 0 Å². The maximum Gasteiger partial charge on any atom is 0.250 e. The van der Waals surface area contributed by atoms with Crippen molar-refractivity contribution in [3.63, 3.8) is 0 Å². The van der Waals surface area contributed by atoms with Gasteiger partial charge in [-0.25, -0.2) is 0 Å². The maximum absolute atomic E-state index is 11.6. The normalized spacial score (nSPS) is 27.4. The van der Waals surface area contributed by atoms with E-state index in [1.807, 2.05) is 6.07 Å². The lowest BCUT2D eigenvalue weighted by atomic mass is 9.79. The second-order valence-electron chi connectivity index (χ2n) is 5.67. The molecular formula is C15H24N2O2. The molecule has 1 fully saturated rings. The van der Waals surface area contributed by atoms with Crippen molar-refractivity contribution in [3.05, 3.63) is 34.7 Å². The molecule has 0 bridgehead atoms. The molecule has 1 aliphatic carbocycles. The van der Waals surface area contributed by atoms with E-state index < -0.39 is 0 Å². The highest BCUT2D eigenvalue weighted by molar-refractivity contribution is 4.93. The molecule has 1 aliphatic rings. The first-order chi connectivity index (χ1) is 9.15. The number of rotatable bonds is 5. The molecule has 1 saturated carbocycles. The van der Waals surface area contributed by atoms with Crippen LogP contribution in [0.2, 0.25) is 0 Å². The van der Waals surface area contributed by atoms with Gasteiger partial charge >= 0.3 is 0 Å². The monoisotopic (exact) mass is 264 g/mol. The third-order valence-corrected chi connectivity index (χ3v) is 4.06. The van der Waals surface area contributed by atoms with Crippen molar-refractivity contribution in [1.29, 1.82) is 0 Å². The van der Waals surface area contributed by atoms with Crippen LogP contribution >= 0.6 is 0 Å². The zero-order valence-corrected chi connectivity index (χ0v) is 11.7. The Balaban J connectivity index is 1.90. The SMILES string of the molecule is CC1CCCC(CN)(OCCn2ccccc2=O)C1. The Hall–Kier alpha value is -1.13. The van der Waals surface area contributed by atoms with Crippen molar-refractivity contribution in [3.8, 4) is 0 Å². The molecule has 2 unspecified atom stereocenters. The third-order valence-electron chi connectivity index (χ3n) is 4.06. The Kier molecular flexibility index (Phi) is 4.77. The van der Waals surface area contributed by atoms with Gasteiger partial charge in [-0.05, 0) is 24.8 Å². The summed E-state index contributed by atoms with van der Waals surface area (Å²) in [6, 6.07) is 5.19. The summed E-state index contributed by atoms with van der Waals surface area (Å²) in [4.78, 5) is 11.6. The number of hydrogen-bond donors (Lipinski definition) is 1. The van der Waals surface area contributed by atoms with Gasteiger partial charge in [-0.15, -0.1) is 0 Å². The quantitative estimate of drug-likeness (QED) is 0.882.